The van der Waals surface area contributed by atoms with Crippen molar-refractivity contribution < 1.29 is 0 Å². The van der Waals surface area contributed by atoms with Crippen LogP contribution >= 0.6 is 0 Å². The van der Waals surface area contributed by atoms with Gasteiger partial charge in [-0.05, 0) is 56.7 Å². The zero-order valence-corrected chi connectivity index (χ0v) is 12.1. The molecule has 1 heterocycles. The largest absolute Gasteiger partial charge is 0.313 e. The highest BCUT2D eigenvalue weighted by atomic mass is 15.2. The average Bonchev–Trinajstić information content (AvgIpc) is 2.99. The molecule has 2 aliphatic rings. The third-order valence-corrected chi connectivity index (χ3v) is 4.59. The van der Waals surface area contributed by atoms with Crippen molar-refractivity contribution in [2.75, 3.05) is 26.2 Å². The number of likely N-dealkylation sites (tertiary alicyclic amines) is 1. The minimum Gasteiger partial charge on any atom is -0.313 e. The summed E-state index contributed by atoms with van der Waals surface area (Å²) in [5, 5.41) is 3.47. The molecule has 0 aromatic heterocycles. The van der Waals surface area contributed by atoms with E-state index in [0.717, 1.165) is 31.6 Å². The second kappa shape index (κ2) is 7.30. The molecule has 0 aromatic rings. The van der Waals surface area contributed by atoms with E-state index in [-0.39, 0.29) is 0 Å². The SMILES string of the molecule is C=C(CNCCC)CN1CCCC1C1CCCC1. The third-order valence-electron chi connectivity index (χ3n) is 4.59. The molecule has 18 heavy (non-hydrogen) atoms. The molecule has 0 aromatic carbocycles. The Labute approximate surface area is 113 Å². The first-order valence-corrected chi connectivity index (χ1v) is 7.92. The Morgan fingerprint density at radius 2 is 2.00 bits per heavy atom. The van der Waals surface area contributed by atoms with Gasteiger partial charge in [0.05, 0.1) is 0 Å². The predicted molar refractivity (Wildman–Crippen MR) is 78.9 cm³/mol. The van der Waals surface area contributed by atoms with Crippen LogP contribution in [0.4, 0.5) is 0 Å². The minimum atomic E-state index is 0.871. The molecule has 0 bridgehead atoms. The first kappa shape index (κ1) is 14.1. The molecule has 0 radical (unpaired) electrons. The van der Waals surface area contributed by atoms with E-state index < -0.39 is 0 Å². The summed E-state index contributed by atoms with van der Waals surface area (Å²) < 4.78 is 0. The first-order valence-electron chi connectivity index (χ1n) is 7.92. The maximum atomic E-state index is 4.25. The van der Waals surface area contributed by atoms with Gasteiger partial charge in [-0.2, -0.15) is 0 Å². The quantitative estimate of drug-likeness (QED) is 0.551. The van der Waals surface area contributed by atoms with E-state index in [9.17, 15) is 0 Å². The Kier molecular flexibility index (Phi) is 5.71. The van der Waals surface area contributed by atoms with E-state index in [1.807, 2.05) is 0 Å². The van der Waals surface area contributed by atoms with Crippen molar-refractivity contribution in [2.24, 2.45) is 5.92 Å². The van der Waals surface area contributed by atoms with E-state index in [1.54, 1.807) is 0 Å². The maximum absolute atomic E-state index is 4.25. The lowest BCUT2D eigenvalue weighted by atomic mass is 9.96. The number of rotatable bonds is 7. The van der Waals surface area contributed by atoms with Gasteiger partial charge in [-0.1, -0.05) is 26.3 Å². The van der Waals surface area contributed by atoms with Gasteiger partial charge in [0.2, 0.25) is 0 Å². The highest BCUT2D eigenvalue weighted by molar-refractivity contribution is 5.02. The van der Waals surface area contributed by atoms with Crippen LogP contribution in [0.3, 0.4) is 0 Å². The van der Waals surface area contributed by atoms with Crippen LogP contribution in [0, 0.1) is 5.92 Å². The molecule has 2 fully saturated rings. The van der Waals surface area contributed by atoms with E-state index in [1.165, 1.54) is 57.1 Å². The zero-order valence-electron chi connectivity index (χ0n) is 12.1. The van der Waals surface area contributed by atoms with Crippen molar-refractivity contribution in [3.63, 3.8) is 0 Å². The van der Waals surface area contributed by atoms with E-state index in [2.05, 4.69) is 23.7 Å². The van der Waals surface area contributed by atoms with Gasteiger partial charge in [-0.15, -0.1) is 0 Å². The van der Waals surface area contributed by atoms with Crippen LogP contribution in [-0.4, -0.2) is 37.1 Å². The van der Waals surface area contributed by atoms with E-state index in [0.29, 0.717) is 0 Å². The van der Waals surface area contributed by atoms with Gasteiger partial charge >= 0.3 is 0 Å². The summed E-state index contributed by atoms with van der Waals surface area (Å²) in [7, 11) is 0. The Bertz CT molecular complexity index is 256. The van der Waals surface area contributed by atoms with Crippen molar-refractivity contribution in [1.29, 1.82) is 0 Å². The summed E-state index contributed by atoms with van der Waals surface area (Å²) in [5.74, 6) is 0.990. The topological polar surface area (TPSA) is 15.3 Å². The molecular formula is C16H30N2. The van der Waals surface area contributed by atoms with Crippen molar-refractivity contribution in [2.45, 2.75) is 57.9 Å². The maximum Gasteiger partial charge on any atom is 0.0205 e. The monoisotopic (exact) mass is 250 g/mol. The number of nitrogens with zero attached hydrogens (tertiary/aromatic N) is 1. The molecule has 1 saturated heterocycles. The molecule has 1 atom stereocenters. The predicted octanol–water partition coefficient (Wildman–Crippen LogP) is 3.20. The molecule has 1 saturated carbocycles. The fourth-order valence-corrected chi connectivity index (χ4v) is 3.71. The molecule has 104 valence electrons. The van der Waals surface area contributed by atoms with Gasteiger partial charge in [0.15, 0.2) is 0 Å². The Hall–Kier alpha value is -0.340. The summed E-state index contributed by atoms with van der Waals surface area (Å²) in [6, 6.07) is 0.871. The average molecular weight is 250 g/mol. The normalized spacial score (nSPS) is 25.9. The number of hydrogen-bond acceptors (Lipinski definition) is 2. The van der Waals surface area contributed by atoms with E-state index in [4.69, 9.17) is 0 Å². The zero-order chi connectivity index (χ0) is 12.8. The molecule has 1 N–H and O–H groups in total. The van der Waals surface area contributed by atoms with Crippen molar-refractivity contribution in [1.82, 2.24) is 10.2 Å². The molecule has 2 rings (SSSR count). The van der Waals surface area contributed by atoms with Crippen molar-refractivity contribution in [3.05, 3.63) is 12.2 Å². The Balaban J connectivity index is 1.74. The van der Waals surface area contributed by atoms with Gasteiger partial charge in [-0.25, -0.2) is 0 Å². The van der Waals surface area contributed by atoms with Crippen LogP contribution in [-0.2, 0) is 0 Å². The molecule has 0 spiro atoms. The van der Waals surface area contributed by atoms with E-state index >= 15 is 0 Å². The molecule has 1 aliphatic carbocycles. The summed E-state index contributed by atoms with van der Waals surface area (Å²) in [6.07, 6.45) is 9.92. The lowest BCUT2D eigenvalue weighted by molar-refractivity contribution is 0.204. The lowest BCUT2D eigenvalue weighted by Gasteiger charge is -2.30. The van der Waals surface area contributed by atoms with Gasteiger partial charge in [-0.3, -0.25) is 4.90 Å². The van der Waals surface area contributed by atoms with Crippen molar-refractivity contribution >= 4 is 0 Å². The van der Waals surface area contributed by atoms with Crippen LogP contribution in [0.1, 0.15) is 51.9 Å². The highest BCUT2D eigenvalue weighted by Gasteiger charge is 2.32. The van der Waals surface area contributed by atoms with Gasteiger partial charge < -0.3 is 5.32 Å². The summed E-state index contributed by atoms with van der Waals surface area (Å²) in [6.45, 7) is 11.0. The highest BCUT2D eigenvalue weighted by Crippen LogP contribution is 2.35. The molecule has 2 heteroatoms. The smallest absolute Gasteiger partial charge is 0.0205 e. The summed E-state index contributed by atoms with van der Waals surface area (Å²) in [5.41, 5.74) is 1.37. The summed E-state index contributed by atoms with van der Waals surface area (Å²) >= 11 is 0. The number of hydrogen-bond donors (Lipinski definition) is 1. The Morgan fingerprint density at radius 1 is 1.22 bits per heavy atom. The van der Waals surface area contributed by atoms with Crippen LogP contribution in [0.25, 0.3) is 0 Å². The summed E-state index contributed by atoms with van der Waals surface area (Å²) in [4.78, 5) is 2.71. The fourth-order valence-electron chi connectivity index (χ4n) is 3.71. The van der Waals surface area contributed by atoms with Crippen LogP contribution in [0.2, 0.25) is 0 Å². The molecule has 1 aliphatic heterocycles. The standard InChI is InChI=1S/C16H30N2/c1-3-10-17-12-14(2)13-18-11-6-9-16(18)15-7-4-5-8-15/h15-17H,2-13H2,1H3. The van der Waals surface area contributed by atoms with Gasteiger partial charge in [0, 0.05) is 19.1 Å². The van der Waals surface area contributed by atoms with Gasteiger partial charge in [0.1, 0.15) is 0 Å². The molecular weight excluding hydrogens is 220 g/mol. The number of nitrogens with one attached hydrogen (secondary N) is 1. The molecule has 2 nitrogen and oxygen atoms in total. The molecule has 1 unspecified atom stereocenters. The van der Waals surface area contributed by atoms with Crippen LogP contribution in [0.5, 0.6) is 0 Å². The Morgan fingerprint density at radius 3 is 2.72 bits per heavy atom. The fraction of sp³-hybridized carbons (Fsp3) is 0.875. The van der Waals surface area contributed by atoms with Gasteiger partial charge in [0.25, 0.3) is 0 Å². The second-order valence-electron chi connectivity index (χ2n) is 6.15. The van der Waals surface area contributed by atoms with Crippen LogP contribution < -0.4 is 5.32 Å². The minimum absolute atomic E-state index is 0.871. The van der Waals surface area contributed by atoms with Crippen LogP contribution in [0.15, 0.2) is 12.2 Å². The lowest BCUT2D eigenvalue weighted by Crippen LogP contribution is -2.37. The first-order chi connectivity index (χ1) is 8.81. The third kappa shape index (κ3) is 3.83. The second-order valence-corrected chi connectivity index (χ2v) is 6.15. The molecule has 0 amide bonds. The van der Waals surface area contributed by atoms with Crippen molar-refractivity contribution in [3.8, 4) is 0 Å².